The molecule has 0 fully saturated rings. The number of hydrogen-bond acceptors (Lipinski definition) is 17. The summed E-state index contributed by atoms with van der Waals surface area (Å²) in [7, 11) is 1.05. The third-order valence-electron chi connectivity index (χ3n) is 9.89. The number of methoxy groups -OCH3 is 1. The lowest BCUT2D eigenvalue weighted by Crippen LogP contribution is -2.59. The molecule has 0 radical (unpaired) electrons. The number of urea groups is 1. The number of carbonyl (C=O) groups excluding carboxylic acids is 10. The van der Waals surface area contributed by atoms with Gasteiger partial charge in [-0.3, -0.25) is 43.7 Å². The molecular formula is C48H68N8O17. The fourth-order valence-corrected chi connectivity index (χ4v) is 6.57. The first-order chi connectivity index (χ1) is 34.0. The van der Waals surface area contributed by atoms with Crippen LogP contribution in [0, 0.1) is 16.0 Å². The number of amides is 7. The standard InChI is InChI=1S/C48H68N8O17/c1-27(2)38(55-42(62)35(24-25-37(59)73-48(7,8)9)53-41(61)33(51-28(3)57)13-11-15-36(58)72-47(4,5)6)43(63)54-34(14-12-26-50-45(49)65)40(60)52-30-18-16-29(17-19-30)39(44(64)69-10)71-46(66)70-32-22-20-31(21-23-32)56(67)68/h16-23,27,33-35,38-39H,11-15,24-26H2,1-10H3,(H,51,57)(H,52,60)(H,53,61)(H,54,63)(H,55,62)(H3,49,50,65)/t33-,34-,35-,38-,39?/m0/s1. The number of nitrogens with one attached hydrogen (secondary N) is 6. The van der Waals surface area contributed by atoms with Crippen LogP contribution in [0.5, 0.6) is 5.75 Å². The van der Waals surface area contributed by atoms with Crippen molar-refractivity contribution in [2.45, 2.75) is 149 Å². The van der Waals surface area contributed by atoms with Crippen molar-refractivity contribution in [2.75, 3.05) is 19.0 Å². The predicted molar refractivity (Wildman–Crippen MR) is 260 cm³/mol. The van der Waals surface area contributed by atoms with Crippen LogP contribution in [-0.4, -0.2) is 114 Å². The fraction of sp³-hybridized carbons (Fsp3) is 0.542. The van der Waals surface area contributed by atoms with E-state index in [0.717, 1.165) is 31.4 Å². The molecule has 0 bridgehead atoms. The molecule has 2 aromatic rings. The zero-order valence-electron chi connectivity index (χ0n) is 42.7. The van der Waals surface area contributed by atoms with Crippen LogP contribution in [-0.2, 0) is 57.3 Å². The Hall–Kier alpha value is -7.86. The Morgan fingerprint density at radius 3 is 1.71 bits per heavy atom. The monoisotopic (exact) mass is 1030 g/mol. The first-order valence-corrected chi connectivity index (χ1v) is 23.2. The lowest BCUT2D eigenvalue weighted by molar-refractivity contribution is -0.384. The van der Waals surface area contributed by atoms with E-state index in [1.54, 1.807) is 55.4 Å². The molecule has 0 aliphatic heterocycles. The average Bonchev–Trinajstić information content (AvgIpc) is 3.27. The first kappa shape index (κ1) is 61.3. The van der Waals surface area contributed by atoms with Crippen LogP contribution < -0.4 is 42.4 Å². The lowest BCUT2D eigenvalue weighted by Gasteiger charge is -2.28. The van der Waals surface area contributed by atoms with Crippen molar-refractivity contribution in [2.24, 2.45) is 11.7 Å². The first-order valence-electron chi connectivity index (χ1n) is 23.2. The predicted octanol–water partition coefficient (Wildman–Crippen LogP) is 3.66. The lowest BCUT2D eigenvalue weighted by atomic mass is 10.0. The summed E-state index contributed by atoms with van der Waals surface area (Å²) in [6.07, 6.45) is -3.60. The minimum absolute atomic E-state index is 0.00901. The van der Waals surface area contributed by atoms with E-state index in [0.29, 0.717) is 0 Å². The zero-order chi connectivity index (χ0) is 55.2. The maximum Gasteiger partial charge on any atom is 0.515 e. The van der Waals surface area contributed by atoms with Crippen molar-refractivity contribution in [3.05, 3.63) is 64.2 Å². The van der Waals surface area contributed by atoms with Crippen LogP contribution in [0.25, 0.3) is 0 Å². The van der Waals surface area contributed by atoms with Crippen LogP contribution in [0.15, 0.2) is 48.5 Å². The van der Waals surface area contributed by atoms with E-state index in [2.05, 4.69) is 31.9 Å². The number of rotatable bonds is 26. The molecule has 0 heterocycles. The number of non-ortho nitro benzene ring substituents is 1. The molecule has 0 saturated heterocycles. The molecule has 25 nitrogen and oxygen atoms in total. The zero-order valence-corrected chi connectivity index (χ0v) is 42.7. The summed E-state index contributed by atoms with van der Waals surface area (Å²) in [6.45, 7) is 14.4. The second-order valence-electron chi connectivity index (χ2n) is 18.9. The largest absolute Gasteiger partial charge is 0.515 e. The Labute approximate surface area is 422 Å². The normalized spacial score (nSPS) is 13.2. The fourth-order valence-electron chi connectivity index (χ4n) is 6.57. The maximum atomic E-state index is 14.1. The molecule has 0 aliphatic rings. The van der Waals surface area contributed by atoms with E-state index in [4.69, 9.17) is 29.4 Å². The summed E-state index contributed by atoms with van der Waals surface area (Å²) in [5.74, 6) is -6.88. The molecule has 7 amide bonds. The highest BCUT2D eigenvalue weighted by molar-refractivity contribution is 5.99. The average molecular weight is 1030 g/mol. The highest BCUT2D eigenvalue weighted by atomic mass is 16.7. The number of ether oxygens (including phenoxy) is 5. The number of anilines is 1. The molecule has 5 atom stereocenters. The van der Waals surface area contributed by atoms with E-state index in [9.17, 15) is 58.1 Å². The van der Waals surface area contributed by atoms with Gasteiger partial charge in [-0.2, -0.15) is 0 Å². The van der Waals surface area contributed by atoms with Crippen molar-refractivity contribution in [1.82, 2.24) is 26.6 Å². The topological polar surface area (TPSA) is 358 Å². The number of nitrogens with two attached hydrogens (primary N) is 1. The second-order valence-corrected chi connectivity index (χ2v) is 18.9. The molecule has 8 N–H and O–H groups in total. The van der Waals surface area contributed by atoms with Crippen molar-refractivity contribution in [1.29, 1.82) is 0 Å². The molecule has 0 aliphatic carbocycles. The number of benzene rings is 2. The molecule has 0 spiro atoms. The Morgan fingerprint density at radius 2 is 1.19 bits per heavy atom. The number of primary amides is 1. The second kappa shape index (κ2) is 28.9. The van der Waals surface area contributed by atoms with E-state index in [-0.39, 0.29) is 74.2 Å². The van der Waals surface area contributed by atoms with Crippen molar-refractivity contribution >= 4 is 71.0 Å². The minimum Gasteiger partial charge on any atom is -0.466 e. The van der Waals surface area contributed by atoms with Gasteiger partial charge in [0.15, 0.2) is 0 Å². The van der Waals surface area contributed by atoms with Crippen molar-refractivity contribution in [3.8, 4) is 5.75 Å². The highest BCUT2D eigenvalue weighted by Crippen LogP contribution is 2.24. The maximum absolute atomic E-state index is 14.1. The molecule has 2 aromatic carbocycles. The van der Waals surface area contributed by atoms with Crippen LogP contribution in [0.4, 0.5) is 21.0 Å². The number of carbonyl (C=O) groups is 10. The van der Waals surface area contributed by atoms with Crippen LogP contribution >= 0.6 is 0 Å². The van der Waals surface area contributed by atoms with E-state index in [1.165, 1.54) is 31.2 Å². The molecule has 402 valence electrons. The third kappa shape index (κ3) is 23.7. The van der Waals surface area contributed by atoms with Gasteiger partial charge in [0, 0.05) is 49.7 Å². The van der Waals surface area contributed by atoms with Gasteiger partial charge in [0.25, 0.3) is 5.69 Å². The molecule has 0 aromatic heterocycles. The van der Waals surface area contributed by atoms with Gasteiger partial charge in [-0.1, -0.05) is 26.0 Å². The van der Waals surface area contributed by atoms with E-state index in [1.807, 2.05) is 0 Å². The summed E-state index contributed by atoms with van der Waals surface area (Å²) in [5.41, 5.74) is 3.53. The summed E-state index contributed by atoms with van der Waals surface area (Å²) in [6, 6.07) is 3.64. The van der Waals surface area contributed by atoms with Crippen LogP contribution in [0.1, 0.15) is 119 Å². The van der Waals surface area contributed by atoms with Gasteiger partial charge in [-0.15, -0.1) is 0 Å². The molecular weight excluding hydrogens is 961 g/mol. The summed E-state index contributed by atoms with van der Waals surface area (Å²) in [5, 5.41) is 26.3. The quantitative estimate of drug-likeness (QED) is 0.0176. The number of nitro groups is 1. The minimum atomic E-state index is -1.66. The number of nitrogens with zero attached hydrogens (tertiary/aromatic N) is 1. The number of nitro benzene ring substituents is 1. The molecule has 0 saturated carbocycles. The summed E-state index contributed by atoms with van der Waals surface area (Å²) in [4.78, 5) is 140. The van der Waals surface area contributed by atoms with Gasteiger partial charge >= 0.3 is 30.1 Å². The van der Waals surface area contributed by atoms with Crippen LogP contribution in [0.2, 0.25) is 0 Å². The Kier molecular flexibility index (Phi) is 24.2. The third-order valence-corrected chi connectivity index (χ3v) is 9.89. The van der Waals surface area contributed by atoms with Gasteiger partial charge in [-0.25, -0.2) is 14.4 Å². The van der Waals surface area contributed by atoms with Crippen LogP contribution in [0.3, 0.4) is 0 Å². The number of hydrogen-bond donors (Lipinski definition) is 7. The molecule has 73 heavy (non-hydrogen) atoms. The summed E-state index contributed by atoms with van der Waals surface area (Å²) < 4.78 is 25.8. The molecule has 2 rings (SSSR count). The van der Waals surface area contributed by atoms with Gasteiger partial charge in [0.05, 0.1) is 12.0 Å². The Morgan fingerprint density at radius 1 is 0.671 bits per heavy atom. The highest BCUT2D eigenvalue weighted by Gasteiger charge is 2.34. The van der Waals surface area contributed by atoms with Gasteiger partial charge in [0.1, 0.15) is 41.1 Å². The summed E-state index contributed by atoms with van der Waals surface area (Å²) >= 11 is 0. The van der Waals surface area contributed by atoms with E-state index < -0.39 is 112 Å². The van der Waals surface area contributed by atoms with E-state index >= 15 is 0 Å². The van der Waals surface area contributed by atoms with Gasteiger partial charge < -0.3 is 61.3 Å². The van der Waals surface area contributed by atoms with Crippen molar-refractivity contribution < 1.29 is 76.6 Å². The van der Waals surface area contributed by atoms with Gasteiger partial charge in [0.2, 0.25) is 35.6 Å². The molecule has 25 heteroatoms. The Balaban J connectivity index is 2.35. The SMILES string of the molecule is COC(=O)C(OC(=O)Oc1ccc([N+](=O)[O-])cc1)c1ccc(NC(=O)[C@H](CCCNC(N)=O)NC(=O)[C@@H](NC(=O)[C@H](CCC(=O)OC(C)(C)C)NC(=O)[C@H](CCCC(=O)OC(C)(C)C)NC(C)=O)C(C)C)cc1. The van der Waals surface area contributed by atoms with Gasteiger partial charge in [-0.05, 0) is 104 Å². The number of esters is 3. The molecule has 1 unspecified atom stereocenters. The van der Waals surface area contributed by atoms with Crippen molar-refractivity contribution in [3.63, 3.8) is 0 Å². The smallest absolute Gasteiger partial charge is 0.466 e. The Bertz CT molecular complexity index is 2280.